The number of nitrogens with zero attached hydrogens (tertiary/aromatic N) is 1. The minimum Gasteiger partial charge on any atom is -0.377 e. The maximum absolute atomic E-state index is 11.5. The summed E-state index contributed by atoms with van der Waals surface area (Å²) in [5, 5.41) is 0. The van der Waals surface area contributed by atoms with Crippen molar-refractivity contribution in [3.05, 3.63) is 0 Å². The number of ether oxygens (including phenoxy) is 1. The van der Waals surface area contributed by atoms with E-state index in [0.29, 0.717) is 19.6 Å². The SMILES string of the molecule is CC(=O)N1C[C@H](OP(C)(=O)O)C[C@H]1COC(C)C. The normalized spacial score (nSPS) is 27.6. The molecule has 1 unspecified atom stereocenters. The predicted octanol–water partition coefficient (Wildman–Crippen LogP) is 1.23. The summed E-state index contributed by atoms with van der Waals surface area (Å²) in [6.45, 7) is 7.26. The van der Waals surface area contributed by atoms with Crippen LogP contribution in [0.15, 0.2) is 0 Å². The van der Waals surface area contributed by atoms with Crippen molar-refractivity contribution >= 4 is 13.5 Å². The highest BCUT2D eigenvalue weighted by atomic mass is 31.2. The molecule has 0 saturated carbocycles. The Bertz CT molecular complexity index is 340. The summed E-state index contributed by atoms with van der Waals surface area (Å²) in [5.41, 5.74) is 0. The number of hydrogen-bond acceptors (Lipinski definition) is 4. The smallest absolute Gasteiger partial charge is 0.325 e. The fraction of sp³-hybridized carbons (Fsp3) is 0.909. The van der Waals surface area contributed by atoms with Crippen LogP contribution < -0.4 is 0 Å². The first-order valence-electron chi connectivity index (χ1n) is 6.06. The quantitative estimate of drug-likeness (QED) is 0.766. The van der Waals surface area contributed by atoms with Crippen molar-refractivity contribution in [3.63, 3.8) is 0 Å². The van der Waals surface area contributed by atoms with Crippen LogP contribution in [0.2, 0.25) is 0 Å². The second-order valence-corrected chi connectivity index (χ2v) is 6.79. The highest BCUT2D eigenvalue weighted by Gasteiger charge is 2.36. The fourth-order valence-corrected chi connectivity index (χ4v) is 2.78. The minimum atomic E-state index is -3.51. The molecule has 106 valence electrons. The zero-order valence-corrected chi connectivity index (χ0v) is 12.2. The van der Waals surface area contributed by atoms with Gasteiger partial charge < -0.3 is 19.1 Å². The van der Waals surface area contributed by atoms with Crippen LogP contribution in [0, 0.1) is 0 Å². The molecule has 0 radical (unpaired) electrons. The maximum atomic E-state index is 11.5. The lowest BCUT2D eigenvalue weighted by atomic mass is 10.2. The van der Waals surface area contributed by atoms with E-state index in [1.54, 1.807) is 4.90 Å². The lowest BCUT2D eigenvalue weighted by molar-refractivity contribution is -0.131. The number of rotatable bonds is 5. The van der Waals surface area contributed by atoms with Crippen molar-refractivity contribution in [2.45, 2.75) is 45.4 Å². The molecule has 18 heavy (non-hydrogen) atoms. The second kappa shape index (κ2) is 6.15. The molecular formula is C11H22NO5P. The Morgan fingerprint density at radius 2 is 2.17 bits per heavy atom. The molecule has 1 amide bonds. The fourth-order valence-electron chi connectivity index (χ4n) is 2.07. The molecule has 0 spiro atoms. The second-order valence-electron chi connectivity index (χ2n) is 4.97. The Morgan fingerprint density at radius 3 is 2.61 bits per heavy atom. The summed E-state index contributed by atoms with van der Waals surface area (Å²) in [6.07, 6.45) is 0.231. The molecule has 1 aliphatic heterocycles. The molecule has 1 rings (SSSR count). The van der Waals surface area contributed by atoms with Gasteiger partial charge in [0.25, 0.3) is 0 Å². The standard InChI is InChI=1S/C11H22NO5P/c1-8(2)16-7-10-5-11(17-18(4,14)15)6-12(10)9(3)13/h8,10-11H,5-7H2,1-4H3,(H,14,15)/t10-,11+/m0/s1. The monoisotopic (exact) mass is 279 g/mol. The minimum absolute atomic E-state index is 0.0673. The van der Waals surface area contributed by atoms with E-state index in [-0.39, 0.29) is 18.1 Å². The van der Waals surface area contributed by atoms with Crippen LogP contribution in [0.1, 0.15) is 27.2 Å². The molecule has 1 heterocycles. The number of hydrogen-bond donors (Lipinski definition) is 1. The van der Waals surface area contributed by atoms with Crippen molar-refractivity contribution in [3.8, 4) is 0 Å². The molecule has 1 aliphatic rings. The van der Waals surface area contributed by atoms with Crippen LogP contribution in [0.25, 0.3) is 0 Å². The third kappa shape index (κ3) is 5.06. The van der Waals surface area contributed by atoms with Gasteiger partial charge in [0.05, 0.1) is 24.9 Å². The van der Waals surface area contributed by atoms with Crippen LogP contribution in [0.5, 0.6) is 0 Å². The van der Waals surface area contributed by atoms with Gasteiger partial charge in [-0.05, 0) is 20.3 Å². The lowest BCUT2D eigenvalue weighted by Gasteiger charge is -2.23. The van der Waals surface area contributed by atoms with Gasteiger partial charge in [-0.15, -0.1) is 0 Å². The van der Waals surface area contributed by atoms with Crippen LogP contribution in [0.4, 0.5) is 0 Å². The number of carbonyl (C=O) groups is 1. The molecule has 6 nitrogen and oxygen atoms in total. The van der Waals surface area contributed by atoms with Crippen LogP contribution >= 0.6 is 7.60 Å². The van der Waals surface area contributed by atoms with Gasteiger partial charge in [-0.1, -0.05) is 0 Å². The maximum Gasteiger partial charge on any atom is 0.325 e. The Morgan fingerprint density at radius 1 is 1.56 bits per heavy atom. The molecule has 3 atom stereocenters. The Labute approximate surface area is 108 Å². The van der Waals surface area contributed by atoms with Crippen molar-refractivity contribution < 1.29 is 23.5 Å². The summed E-state index contributed by atoms with van der Waals surface area (Å²) in [6, 6.07) is -0.0820. The van der Waals surface area contributed by atoms with Crippen molar-refractivity contribution in [1.29, 1.82) is 0 Å². The zero-order valence-electron chi connectivity index (χ0n) is 11.3. The number of amides is 1. The van der Waals surface area contributed by atoms with Gasteiger partial charge in [-0.3, -0.25) is 9.36 Å². The first-order valence-corrected chi connectivity index (χ1v) is 8.09. The molecule has 0 bridgehead atoms. The first kappa shape index (κ1) is 15.6. The average Bonchev–Trinajstić information content (AvgIpc) is 2.55. The highest BCUT2D eigenvalue weighted by Crippen LogP contribution is 2.41. The van der Waals surface area contributed by atoms with Crippen molar-refractivity contribution in [2.24, 2.45) is 0 Å². The van der Waals surface area contributed by atoms with E-state index in [9.17, 15) is 14.3 Å². The largest absolute Gasteiger partial charge is 0.377 e. The van der Waals surface area contributed by atoms with E-state index in [1.165, 1.54) is 6.92 Å². The predicted molar refractivity (Wildman–Crippen MR) is 67.5 cm³/mol. The molecule has 1 saturated heterocycles. The third-order valence-corrected chi connectivity index (χ3v) is 3.44. The molecular weight excluding hydrogens is 257 g/mol. The molecule has 0 aliphatic carbocycles. The summed E-state index contributed by atoms with van der Waals surface area (Å²) < 4.78 is 21.8. The van der Waals surface area contributed by atoms with Crippen molar-refractivity contribution in [2.75, 3.05) is 19.8 Å². The van der Waals surface area contributed by atoms with Gasteiger partial charge in [0.15, 0.2) is 0 Å². The van der Waals surface area contributed by atoms with E-state index in [2.05, 4.69) is 0 Å². The Balaban J connectivity index is 2.59. The zero-order chi connectivity index (χ0) is 13.9. The van der Waals surface area contributed by atoms with E-state index in [4.69, 9.17) is 9.26 Å². The average molecular weight is 279 g/mol. The van der Waals surface area contributed by atoms with Gasteiger partial charge >= 0.3 is 7.60 Å². The summed E-state index contributed by atoms with van der Waals surface area (Å²) in [5.74, 6) is -0.0673. The molecule has 7 heteroatoms. The van der Waals surface area contributed by atoms with E-state index in [1.807, 2.05) is 13.8 Å². The van der Waals surface area contributed by atoms with Crippen LogP contribution in [0.3, 0.4) is 0 Å². The number of carbonyl (C=O) groups excluding carboxylic acids is 1. The molecule has 0 aromatic rings. The third-order valence-electron chi connectivity index (χ3n) is 2.75. The molecule has 0 aromatic carbocycles. The van der Waals surface area contributed by atoms with Gasteiger partial charge in [0.2, 0.25) is 5.91 Å². The number of likely N-dealkylation sites (tertiary alicyclic amines) is 1. The van der Waals surface area contributed by atoms with Gasteiger partial charge in [-0.25, -0.2) is 0 Å². The topological polar surface area (TPSA) is 76.1 Å². The first-order chi connectivity index (χ1) is 8.19. The lowest BCUT2D eigenvalue weighted by Crippen LogP contribution is -2.37. The van der Waals surface area contributed by atoms with Gasteiger partial charge in [-0.2, -0.15) is 0 Å². The highest BCUT2D eigenvalue weighted by molar-refractivity contribution is 7.51. The summed E-state index contributed by atoms with van der Waals surface area (Å²) in [7, 11) is -3.51. The van der Waals surface area contributed by atoms with E-state index in [0.717, 1.165) is 6.66 Å². The Hall–Kier alpha value is -0.420. The van der Waals surface area contributed by atoms with E-state index >= 15 is 0 Å². The molecule has 1 N–H and O–H groups in total. The van der Waals surface area contributed by atoms with Gasteiger partial charge in [0.1, 0.15) is 0 Å². The Kier molecular flexibility index (Phi) is 5.34. The summed E-state index contributed by atoms with van der Waals surface area (Å²) in [4.78, 5) is 22.3. The molecule has 1 fully saturated rings. The van der Waals surface area contributed by atoms with Crippen LogP contribution in [-0.2, 0) is 18.6 Å². The van der Waals surface area contributed by atoms with Crippen molar-refractivity contribution in [1.82, 2.24) is 4.90 Å². The molecule has 0 aromatic heterocycles. The van der Waals surface area contributed by atoms with E-state index < -0.39 is 13.7 Å². The van der Waals surface area contributed by atoms with Crippen LogP contribution in [-0.4, -0.2) is 53.8 Å². The summed E-state index contributed by atoms with van der Waals surface area (Å²) >= 11 is 0. The van der Waals surface area contributed by atoms with Gasteiger partial charge in [0, 0.05) is 20.1 Å².